The van der Waals surface area contributed by atoms with Crippen molar-refractivity contribution in [3.05, 3.63) is 35.0 Å². The van der Waals surface area contributed by atoms with Crippen LogP contribution in [0.5, 0.6) is 0 Å². The molecule has 2 rings (SSSR count). The average molecular weight is 288 g/mol. The second kappa shape index (κ2) is 6.61. The third-order valence-corrected chi connectivity index (χ3v) is 3.30. The van der Waals surface area contributed by atoms with Crippen LogP contribution in [-0.2, 0) is 0 Å². The fourth-order valence-corrected chi connectivity index (χ4v) is 2.37. The predicted octanol–water partition coefficient (Wildman–Crippen LogP) is 3.99. The van der Waals surface area contributed by atoms with Gasteiger partial charge in [0.1, 0.15) is 29.0 Å². The summed E-state index contributed by atoms with van der Waals surface area (Å²) in [6.45, 7) is 11.0. The molecule has 0 fully saturated rings. The molecule has 0 aromatic carbocycles. The second-order valence-corrected chi connectivity index (χ2v) is 5.35. The lowest BCUT2D eigenvalue weighted by Gasteiger charge is -2.15. The Morgan fingerprint density at radius 1 is 1.14 bits per heavy atom. The maximum Gasteiger partial charge on any atom is 0.132 e. The molecule has 0 saturated carbocycles. The predicted molar refractivity (Wildman–Crippen MR) is 85.8 cm³/mol. The minimum atomic E-state index is 0.135. The van der Waals surface area contributed by atoms with Gasteiger partial charge in [-0.15, -0.1) is 0 Å². The van der Waals surface area contributed by atoms with E-state index in [4.69, 9.17) is 4.42 Å². The first kappa shape index (κ1) is 15.4. The first-order chi connectivity index (χ1) is 9.99. The molecule has 5 nitrogen and oxygen atoms in total. The van der Waals surface area contributed by atoms with Crippen LogP contribution in [0.1, 0.15) is 49.2 Å². The van der Waals surface area contributed by atoms with Crippen molar-refractivity contribution >= 4 is 11.6 Å². The van der Waals surface area contributed by atoms with Crippen LogP contribution in [0.15, 0.2) is 16.5 Å². The molecule has 114 valence electrons. The number of nitrogens with zero attached hydrogens (tertiary/aromatic N) is 2. The van der Waals surface area contributed by atoms with Gasteiger partial charge >= 0.3 is 0 Å². The monoisotopic (exact) mass is 288 g/mol. The zero-order chi connectivity index (χ0) is 15.4. The fraction of sp³-hybridized carbons (Fsp3) is 0.500. The minimum absolute atomic E-state index is 0.135. The van der Waals surface area contributed by atoms with Crippen LogP contribution >= 0.6 is 0 Å². The lowest BCUT2D eigenvalue weighted by Crippen LogP contribution is -2.11. The van der Waals surface area contributed by atoms with E-state index >= 15 is 0 Å². The Balaban J connectivity index is 2.14. The minimum Gasteiger partial charge on any atom is -0.466 e. The van der Waals surface area contributed by atoms with Crippen molar-refractivity contribution < 1.29 is 4.42 Å². The summed E-state index contributed by atoms with van der Waals surface area (Å²) in [6.07, 6.45) is 1.07. The standard InChI is InChI=1S/C16H24N4O/c1-6-7-17-15-9-16(20-13(5)19-15)18-11(3)14-8-10(2)21-12(14)4/h8-9,11H,6-7H2,1-5H3,(H2,17,18,19,20). The van der Waals surface area contributed by atoms with Gasteiger partial charge in [-0.25, -0.2) is 9.97 Å². The molecule has 2 aromatic rings. The van der Waals surface area contributed by atoms with Crippen LogP contribution in [0.2, 0.25) is 0 Å². The highest BCUT2D eigenvalue weighted by molar-refractivity contribution is 5.49. The topological polar surface area (TPSA) is 63.0 Å². The van der Waals surface area contributed by atoms with Crippen molar-refractivity contribution in [1.29, 1.82) is 0 Å². The highest BCUT2D eigenvalue weighted by atomic mass is 16.3. The number of aryl methyl sites for hydroxylation is 3. The molecule has 0 aliphatic heterocycles. The molecule has 0 amide bonds. The summed E-state index contributed by atoms with van der Waals surface area (Å²) < 4.78 is 5.59. The summed E-state index contributed by atoms with van der Waals surface area (Å²) in [5.41, 5.74) is 1.16. The molecule has 5 heteroatoms. The van der Waals surface area contributed by atoms with Crippen molar-refractivity contribution in [2.45, 2.75) is 47.1 Å². The molecule has 0 bridgehead atoms. The van der Waals surface area contributed by atoms with Crippen molar-refractivity contribution in [2.75, 3.05) is 17.2 Å². The molecule has 2 aromatic heterocycles. The van der Waals surface area contributed by atoms with E-state index < -0.39 is 0 Å². The number of nitrogens with one attached hydrogen (secondary N) is 2. The Morgan fingerprint density at radius 3 is 2.48 bits per heavy atom. The number of aromatic nitrogens is 2. The number of hydrogen-bond acceptors (Lipinski definition) is 5. The molecular weight excluding hydrogens is 264 g/mol. The van der Waals surface area contributed by atoms with Gasteiger partial charge in [0.25, 0.3) is 0 Å². The Labute approximate surface area is 126 Å². The molecule has 2 heterocycles. The lowest BCUT2D eigenvalue weighted by atomic mass is 10.1. The summed E-state index contributed by atoms with van der Waals surface area (Å²) in [7, 11) is 0. The first-order valence-electron chi connectivity index (χ1n) is 7.42. The van der Waals surface area contributed by atoms with Crippen LogP contribution in [0.3, 0.4) is 0 Å². The average Bonchev–Trinajstić information content (AvgIpc) is 2.75. The van der Waals surface area contributed by atoms with Gasteiger partial charge in [0, 0.05) is 18.2 Å². The zero-order valence-corrected chi connectivity index (χ0v) is 13.4. The number of furan rings is 1. The van der Waals surface area contributed by atoms with E-state index in [1.54, 1.807) is 0 Å². The van der Waals surface area contributed by atoms with Crippen molar-refractivity contribution in [1.82, 2.24) is 9.97 Å². The van der Waals surface area contributed by atoms with Crippen LogP contribution in [0.4, 0.5) is 11.6 Å². The maximum atomic E-state index is 5.59. The maximum absolute atomic E-state index is 5.59. The summed E-state index contributed by atoms with van der Waals surface area (Å²) in [4.78, 5) is 8.84. The quantitative estimate of drug-likeness (QED) is 0.841. The Bertz CT molecular complexity index is 606. The SMILES string of the molecule is CCCNc1cc(NC(C)c2cc(C)oc2C)nc(C)n1. The highest BCUT2D eigenvalue weighted by Crippen LogP contribution is 2.24. The largest absolute Gasteiger partial charge is 0.466 e. The molecule has 0 aliphatic carbocycles. The number of anilines is 2. The highest BCUT2D eigenvalue weighted by Gasteiger charge is 2.13. The lowest BCUT2D eigenvalue weighted by molar-refractivity contribution is 0.500. The Kier molecular flexibility index (Phi) is 4.83. The molecule has 0 saturated heterocycles. The summed E-state index contributed by atoms with van der Waals surface area (Å²) in [5, 5.41) is 6.71. The molecule has 21 heavy (non-hydrogen) atoms. The fourth-order valence-electron chi connectivity index (χ4n) is 2.37. The molecule has 2 N–H and O–H groups in total. The molecule has 1 atom stereocenters. The Morgan fingerprint density at radius 2 is 1.86 bits per heavy atom. The van der Waals surface area contributed by atoms with E-state index in [2.05, 4.69) is 40.5 Å². The summed E-state index contributed by atoms with van der Waals surface area (Å²) in [6, 6.07) is 4.15. The smallest absolute Gasteiger partial charge is 0.132 e. The molecule has 0 spiro atoms. The Hall–Kier alpha value is -2.04. The van der Waals surface area contributed by atoms with E-state index in [-0.39, 0.29) is 6.04 Å². The van der Waals surface area contributed by atoms with E-state index in [0.29, 0.717) is 0 Å². The van der Waals surface area contributed by atoms with Gasteiger partial charge in [-0.3, -0.25) is 0 Å². The van der Waals surface area contributed by atoms with E-state index in [9.17, 15) is 0 Å². The molecule has 0 aliphatic rings. The van der Waals surface area contributed by atoms with Gasteiger partial charge in [0.15, 0.2) is 0 Å². The van der Waals surface area contributed by atoms with Gasteiger partial charge in [-0.05, 0) is 40.2 Å². The van der Waals surface area contributed by atoms with Gasteiger partial charge in [0.05, 0.1) is 6.04 Å². The third-order valence-electron chi connectivity index (χ3n) is 3.30. The van der Waals surface area contributed by atoms with Gasteiger partial charge in [-0.1, -0.05) is 6.92 Å². The van der Waals surface area contributed by atoms with Gasteiger partial charge in [-0.2, -0.15) is 0 Å². The molecule has 0 radical (unpaired) electrons. The van der Waals surface area contributed by atoms with Crippen LogP contribution in [-0.4, -0.2) is 16.5 Å². The molecule has 1 unspecified atom stereocenters. The van der Waals surface area contributed by atoms with Gasteiger partial charge < -0.3 is 15.1 Å². The summed E-state index contributed by atoms with van der Waals surface area (Å²) in [5.74, 6) is 4.32. The number of rotatable bonds is 6. The van der Waals surface area contributed by atoms with E-state index in [1.165, 1.54) is 0 Å². The van der Waals surface area contributed by atoms with Gasteiger partial charge in [0.2, 0.25) is 0 Å². The van der Waals surface area contributed by atoms with Crippen LogP contribution in [0.25, 0.3) is 0 Å². The molecular formula is C16H24N4O. The van der Waals surface area contributed by atoms with E-state index in [0.717, 1.165) is 47.5 Å². The second-order valence-electron chi connectivity index (χ2n) is 5.35. The van der Waals surface area contributed by atoms with E-state index in [1.807, 2.05) is 26.8 Å². The van der Waals surface area contributed by atoms with Crippen molar-refractivity contribution in [2.24, 2.45) is 0 Å². The van der Waals surface area contributed by atoms with Crippen molar-refractivity contribution in [3.63, 3.8) is 0 Å². The first-order valence-corrected chi connectivity index (χ1v) is 7.42. The third kappa shape index (κ3) is 3.97. The van der Waals surface area contributed by atoms with Crippen LogP contribution in [0, 0.1) is 20.8 Å². The normalized spacial score (nSPS) is 12.2. The van der Waals surface area contributed by atoms with Crippen LogP contribution < -0.4 is 10.6 Å². The zero-order valence-electron chi connectivity index (χ0n) is 13.4. The number of hydrogen-bond donors (Lipinski definition) is 2. The summed E-state index contributed by atoms with van der Waals surface area (Å²) >= 11 is 0. The van der Waals surface area contributed by atoms with Crippen molar-refractivity contribution in [3.8, 4) is 0 Å².